The SMILES string of the molecule is CCNC(=NCc1ccc(C)cc1OCC)NCc1cccc(OC)n1.I. The molecule has 0 unspecified atom stereocenters. The van der Waals surface area contributed by atoms with Crippen molar-refractivity contribution < 1.29 is 9.47 Å². The van der Waals surface area contributed by atoms with Crippen LogP contribution in [0.25, 0.3) is 0 Å². The molecule has 0 atom stereocenters. The van der Waals surface area contributed by atoms with Gasteiger partial charge in [0.25, 0.3) is 0 Å². The van der Waals surface area contributed by atoms with Gasteiger partial charge in [-0.25, -0.2) is 9.98 Å². The predicted molar refractivity (Wildman–Crippen MR) is 120 cm³/mol. The molecule has 0 radical (unpaired) electrons. The van der Waals surface area contributed by atoms with E-state index in [4.69, 9.17) is 9.47 Å². The number of ether oxygens (including phenoxy) is 2. The lowest BCUT2D eigenvalue weighted by molar-refractivity contribution is 0.336. The van der Waals surface area contributed by atoms with E-state index < -0.39 is 0 Å². The van der Waals surface area contributed by atoms with Gasteiger partial charge in [0.15, 0.2) is 5.96 Å². The van der Waals surface area contributed by atoms with Crippen LogP contribution in [0.4, 0.5) is 0 Å². The summed E-state index contributed by atoms with van der Waals surface area (Å²) in [6.45, 7) is 8.61. The number of aliphatic imine (C=N–C) groups is 1. The number of aryl methyl sites for hydroxylation is 1. The number of nitrogens with zero attached hydrogens (tertiary/aromatic N) is 2. The number of methoxy groups -OCH3 is 1. The zero-order chi connectivity index (χ0) is 18.8. The highest BCUT2D eigenvalue weighted by atomic mass is 127. The Hall–Kier alpha value is -2.03. The van der Waals surface area contributed by atoms with Crippen LogP contribution in [0.15, 0.2) is 41.4 Å². The summed E-state index contributed by atoms with van der Waals surface area (Å²) in [5, 5.41) is 6.55. The summed E-state index contributed by atoms with van der Waals surface area (Å²) >= 11 is 0. The maximum Gasteiger partial charge on any atom is 0.213 e. The van der Waals surface area contributed by atoms with E-state index in [1.54, 1.807) is 7.11 Å². The average molecular weight is 484 g/mol. The molecule has 0 fully saturated rings. The van der Waals surface area contributed by atoms with Gasteiger partial charge in [0.05, 0.1) is 32.5 Å². The third kappa shape index (κ3) is 7.62. The van der Waals surface area contributed by atoms with Crippen LogP contribution in [0, 0.1) is 6.92 Å². The zero-order valence-electron chi connectivity index (χ0n) is 16.4. The summed E-state index contributed by atoms with van der Waals surface area (Å²) in [5.74, 6) is 2.23. The molecular formula is C20H29IN4O2. The van der Waals surface area contributed by atoms with E-state index in [2.05, 4.69) is 45.7 Å². The topological polar surface area (TPSA) is 67.8 Å². The van der Waals surface area contributed by atoms with Gasteiger partial charge in [-0.05, 0) is 38.5 Å². The third-order valence-electron chi connectivity index (χ3n) is 3.70. The summed E-state index contributed by atoms with van der Waals surface area (Å²) < 4.78 is 10.9. The van der Waals surface area contributed by atoms with Crippen LogP contribution in [0.1, 0.15) is 30.7 Å². The highest BCUT2D eigenvalue weighted by Gasteiger charge is 2.05. The van der Waals surface area contributed by atoms with Gasteiger partial charge in [-0.1, -0.05) is 18.2 Å². The van der Waals surface area contributed by atoms with Gasteiger partial charge in [0.2, 0.25) is 5.88 Å². The number of hydrogen-bond donors (Lipinski definition) is 2. The van der Waals surface area contributed by atoms with Crippen LogP contribution >= 0.6 is 24.0 Å². The first-order valence-electron chi connectivity index (χ1n) is 8.90. The fourth-order valence-corrected chi connectivity index (χ4v) is 2.43. The molecule has 1 heterocycles. The molecule has 148 valence electrons. The lowest BCUT2D eigenvalue weighted by atomic mass is 10.1. The predicted octanol–water partition coefficient (Wildman–Crippen LogP) is 3.67. The molecule has 0 aliphatic carbocycles. The number of aromatic nitrogens is 1. The van der Waals surface area contributed by atoms with E-state index >= 15 is 0 Å². The van der Waals surface area contributed by atoms with Crippen LogP contribution in [0.3, 0.4) is 0 Å². The fourth-order valence-electron chi connectivity index (χ4n) is 2.43. The molecular weight excluding hydrogens is 455 g/mol. The third-order valence-corrected chi connectivity index (χ3v) is 3.70. The van der Waals surface area contributed by atoms with Crippen LogP contribution < -0.4 is 20.1 Å². The maximum atomic E-state index is 5.73. The second kappa shape index (κ2) is 12.4. The molecule has 0 spiro atoms. The van der Waals surface area contributed by atoms with Crippen molar-refractivity contribution in [3.05, 3.63) is 53.2 Å². The summed E-state index contributed by atoms with van der Waals surface area (Å²) in [5.41, 5.74) is 3.13. The van der Waals surface area contributed by atoms with Gasteiger partial charge in [0.1, 0.15) is 5.75 Å². The zero-order valence-corrected chi connectivity index (χ0v) is 18.7. The number of nitrogens with one attached hydrogen (secondary N) is 2. The first-order valence-corrected chi connectivity index (χ1v) is 8.90. The first kappa shape index (κ1) is 23.0. The second-order valence-corrected chi connectivity index (χ2v) is 5.76. The normalized spacial score (nSPS) is 10.7. The van der Waals surface area contributed by atoms with Crippen molar-refractivity contribution in [3.63, 3.8) is 0 Å². The highest BCUT2D eigenvalue weighted by Crippen LogP contribution is 2.21. The van der Waals surface area contributed by atoms with Gasteiger partial charge in [-0.3, -0.25) is 0 Å². The minimum absolute atomic E-state index is 0. The monoisotopic (exact) mass is 484 g/mol. The number of halogens is 1. The number of rotatable bonds is 8. The summed E-state index contributed by atoms with van der Waals surface area (Å²) in [6, 6.07) is 11.9. The van der Waals surface area contributed by atoms with E-state index in [1.165, 1.54) is 5.56 Å². The van der Waals surface area contributed by atoms with Crippen molar-refractivity contribution in [1.29, 1.82) is 0 Å². The quantitative estimate of drug-likeness (QED) is 0.340. The van der Waals surface area contributed by atoms with E-state index in [0.717, 1.165) is 29.5 Å². The second-order valence-electron chi connectivity index (χ2n) is 5.76. The van der Waals surface area contributed by atoms with E-state index in [0.29, 0.717) is 25.6 Å². The van der Waals surface area contributed by atoms with Gasteiger partial charge < -0.3 is 20.1 Å². The van der Waals surface area contributed by atoms with E-state index in [9.17, 15) is 0 Å². The van der Waals surface area contributed by atoms with Gasteiger partial charge >= 0.3 is 0 Å². The summed E-state index contributed by atoms with van der Waals surface area (Å²) in [4.78, 5) is 9.07. The average Bonchev–Trinajstić information content (AvgIpc) is 2.65. The van der Waals surface area contributed by atoms with Gasteiger partial charge in [-0.2, -0.15) is 0 Å². The lowest BCUT2D eigenvalue weighted by Crippen LogP contribution is -2.37. The molecule has 0 aliphatic heterocycles. The molecule has 2 N–H and O–H groups in total. The Kier molecular flexibility index (Phi) is 10.5. The molecule has 27 heavy (non-hydrogen) atoms. The number of hydrogen-bond acceptors (Lipinski definition) is 4. The van der Waals surface area contributed by atoms with Crippen molar-refractivity contribution >= 4 is 29.9 Å². The summed E-state index contributed by atoms with van der Waals surface area (Å²) in [7, 11) is 1.61. The molecule has 0 saturated heterocycles. The minimum atomic E-state index is 0. The van der Waals surface area contributed by atoms with E-state index in [-0.39, 0.29) is 24.0 Å². The van der Waals surface area contributed by atoms with Crippen molar-refractivity contribution in [2.75, 3.05) is 20.3 Å². The molecule has 0 amide bonds. The Morgan fingerprint density at radius 1 is 1.15 bits per heavy atom. The van der Waals surface area contributed by atoms with Crippen LogP contribution in [0.2, 0.25) is 0 Å². The molecule has 7 heteroatoms. The molecule has 2 aromatic rings. The van der Waals surface area contributed by atoms with E-state index in [1.807, 2.05) is 32.0 Å². The Morgan fingerprint density at radius 2 is 1.96 bits per heavy atom. The van der Waals surface area contributed by atoms with Crippen LogP contribution in [0.5, 0.6) is 11.6 Å². The van der Waals surface area contributed by atoms with Crippen molar-refractivity contribution in [2.24, 2.45) is 4.99 Å². The van der Waals surface area contributed by atoms with Crippen LogP contribution in [-0.2, 0) is 13.1 Å². The Bertz CT molecular complexity index is 738. The van der Waals surface area contributed by atoms with Crippen LogP contribution in [-0.4, -0.2) is 31.2 Å². The Morgan fingerprint density at radius 3 is 2.67 bits per heavy atom. The number of guanidine groups is 1. The smallest absolute Gasteiger partial charge is 0.213 e. The molecule has 2 rings (SSSR count). The largest absolute Gasteiger partial charge is 0.494 e. The molecule has 0 bridgehead atoms. The van der Waals surface area contributed by atoms with Crippen molar-refractivity contribution in [1.82, 2.24) is 15.6 Å². The van der Waals surface area contributed by atoms with Gasteiger partial charge in [0, 0.05) is 18.2 Å². The summed E-state index contributed by atoms with van der Waals surface area (Å²) in [6.07, 6.45) is 0. The van der Waals surface area contributed by atoms with Gasteiger partial charge in [-0.15, -0.1) is 24.0 Å². The number of benzene rings is 1. The fraction of sp³-hybridized carbons (Fsp3) is 0.400. The van der Waals surface area contributed by atoms with Crippen molar-refractivity contribution in [2.45, 2.75) is 33.9 Å². The molecule has 0 aliphatic rings. The minimum Gasteiger partial charge on any atom is -0.494 e. The highest BCUT2D eigenvalue weighted by molar-refractivity contribution is 14.0. The number of pyridine rings is 1. The standard InChI is InChI=1S/C20H28N4O2.HI/c1-5-21-20(23-14-17-8-7-9-19(24-17)25-4)22-13-16-11-10-15(3)12-18(16)26-6-2;/h7-12H,5-6,13-14H2,1-4H3,(H2,21,22,23);1H. The Labute approximate surface area is 178 Å². The molecule has 6 nitrogen and oxygen atoms in total. The van der Waals surface area contributed by atoms with Crippen molar-refractivity contribution in [3.8, 4) is 11.6 Å². The molecule has 1 aromatic heterocycles. The molecule has 0 saturated carbocycles. The molecule has 1 aromatic carbocycles. The lowest BCUT2D eigenvalue weighted by Gasteiger charge is -2.13. The maximum absolute atomic E-state index is 5.73. The Balaban J connectivity index is 0.00000364. The first-order chi connectivity index (χ1) is 12.7.